The average molecular weight is 288 g/mol. The van der Waals surface area contributed by atoms with Crippen LogP contribution in [0, 0.1) is 17.3 Å². The van der Waals surface area contributed by atoms with Crippen LogP contribution in [0.2, 0.25) is 0 Å². The summed E-state index contributed by atoms with van der Waals surface area (Å²) in [5.41, 5.74) is 2.27. The third-order valence-corrected chi connectivity index (χ3v) is 6.73. The molecule has 4 rings (SSSR count). The van der Waals surface area contributed by atoms with Crippen molar-refractivity contribution in [2.24, 2.45) is 17.3 Å². The number of aliphatic hydroxyl groups excluding tert-OH is 1. The summed E-state index contributed by atoms with van der Waals surface area (Å²) in [6, 6.07) is 3.31. The maximum atomic E-state index is 10.4. The minimum Gasteiger partial charge on any atom is -0.508 e. The zero-order valence-electron chi connectivity index (χ0n) is 12.5. The van der Waals surface area contributed by atoms with E-state index in [0.717, 1.165) is 49.7 Å². The molecule has 2 saturated carbocycles. The van der Waals surface area contributed by atoms with E-state index in [4.69, 9.17) is 0 Å². The highest BCUT2D eigenvalue weighted by atomic mass is 16.3. The molecule has 0 bridgehead atoms. The largest absolute Gasteiger partial charge is 0.508 e. The van der Waals surface area contributed by atoms with Gasteiger partial charge in [-0.05, 0) is 73.3 Å². The molecule has 3 aliphatic rings. The Morgan fingerprint density at radius 3 is 2.71 bits per heavy atom. The van der Waals surface area contributed by atoms with Crippen LogP contribution >= 0.6 is 0 Å². The summed E-state index contributed by atoms with van der Waals surface area (Å²) in [5, 5.41) is 30.4. The minimum absolute atomic E-state index is 0.0746. The molecule has 3 nitrogen and oxygen atoms in total. The smallest absolute Gasteiger partial charge is 0.123 e. The van der Waals surface area contributed by atoms with Crippen molar-refractivity contribution in [2.75, 3.05) is 0 Å². The van der Waals surface area contributed by atoms with Crippen molar-refractivity contribution in [3.8, 4) is 11.5 Å². The number of benzene rings is 1. The fraction of sp³-hybridized carbons (Fsp3) is 0.667. The van der Waals surface area contributed by atoms with Gasteiger partial charge in [0.15, 0.2) is 0 Å². The zero-order valence-corrected chi connectivity index (χ0v) is 12.5. The SMILES string of the molecule is C[C@]12CC[C@@H]3c4c(O)cc(O)cc4CC[C@H]3[C@@H]1CC[C@@H]2O. The molecule has 1 aromatic rings. The Balaban J connectivity index is 1.75. The van der Waals surface area contributed by atoms with Crippen LogP contribution < -0.4 is 0 Å². The molecule has 2 fully saturated rings. The number of hydrogen-bond acceptors (Lipinski definition) is 3. The summed E-state index contributed by atoms with van der Waals surface area (Å²) in [5.74, 6) is 1.98. The normalized spacial score (nSPS) is 41.2. The Bertz CT molecular complexity index is 582. The average Bonchev–Trinajstić information content (AvgIpc) is 2.74. The molecule has 0 heterocycles. The van der Waals surface area contributed by atoms with E-state index in [1.165, 1.54) is 6.07 Å². The van der Waals surface area contributed by atoms with Gasteiger partial charge in [-0.1, -0.05) is 6.92 Å². The summed E-state index contributed by atoms with van der Waals surface area (Å²) in [6.45, 7) is 2.26. The standard InChI is InChI=1S/C18H24O3/c1-18-7-6-13-12(14(18)4-5-16(18)21)3-2-10-8-11(19)9-15(20)17(10)13/h8-9,12-14,16,19-21H,2-7H2,1H3/t12-,13+,14+,16+,18+/m1/s1. The van der Waals surface area contributed by atoms with Gasteiger partial charge >= 0.3 is 0 Å². The number of fused-ring (bicyclic) bond motifs is 5. The van der Waals surface area contributed by atoms with Gasteiger partial charge in [-0.3, -0.25) is 0 Å². The van der Waals surface area contributed by atoms with Gasteiger partial charge < -0.3 is 15.3 Å². The van der Waals surface area contributed by atoms with E-state index < -0.39 is 0 Å². The van der Waals surface area contributed by atoms with E-state index in [9.17, 15) is 15.3 Å². The summed E-state index contributed by atoms with van der Waals surface area (Å²) < 4.78 is 0. The molecule has 3 N–H and O–H groups in total. The Labute approximate surface area is 125 Å². The molecule has 114 valence electrons. The maximum Gasteiger partial charge on any atom is 0.123 e. The first-order valence-electron chi connectivity index (χ1n) is 8.23. The number of aliphatic hydroxyl groups is 1. The van der Waals surface area contributed by atoms with Crippen molar-refractivity contribution in [1.29, 1.82) is 0 Å². The number of aromatic hydroxyl groups is 2. The number of hydrogen-bond donors (Lipinski definition) is 3. The third-order valence-electron chi connectivity index (χ3n) is 6.73. The zero-order chi connectivity index (χ0) is 14.8. The van der Waals surface area contributed by atoms with Crippen molar-refractivity contribution < 1.29 is 15.3 Å². The van der Waals surface area contributed by atoms with Crippen LogP contribution in [0.4, 0.5) is 0 Å². The predicted molar refractivity (Wildman–Crippen MR) is 80.4 cm³/mol. The van der Waals surface area contributed by atoms with Crippen molar-refractivity contribution in [3.63, 3.8) is 0 Å². The molecule has 0 radical (unpaired) electrons. The molecule has 1 aromatic carbocycles. The number of phenolic OH excluding ortho intramolecular Hbond substituents is 2. The van der Waals surface area contributed by atoms with Crippen molar-refractivity contribution in [2.45, 2.75) is 57.5 Å². The molecule has 3 aliphatic carbocycles. The van der Waals surface area contributed by atoms with E-state index in [1.54, 1.807) is 0 Å². The highest BCUT2D eigenvalue weighted by molar-refractivity contribution is 5.49. The quantitative estimate of drug-likeness (QED) is 0.686. The molecule has 5 atom stereocenters. The van der Waals surface area contributed by atoms with Crippen molar-refractivity contribution in [3.05, 3.63) is 23.3 Å². The van der Waals surface area contributed by atoms with Gasteiger partial charge in [0.25, 0.3) is 0 Å². The van der Waals surface area contributed by atoms with Gasteiger partial charge in [0.05, 0.1) is 6.10 Å². The van der Waals surface area contributed by atoms with Crippen LogP contribution in [0.1, 0.15) is 56.1 Å². The topological polar surface area (TPSA) is 60.7 Å². The summed E-state index contributed by atoms with van der Waals surface area (Å²) in [4.78, 5) is 0. The molecule has 0 amide bonds. The first-order chi connectivity index (χ1) is 10.0. The van der Waals surface area contributed by atoms with Gasteiger partial charge in [-0.2, -0.15) is 0 Å². The van der Waals surface area contributed by atoms with Crippen LogP contribution in [0.15, 0.2) is 12.1 Å². The van der Waals surface area contributed by atoms with Gasteiger partial charge in [-0.15, -0.1) is 0 Å². The van der Waals surface area contributed by atoms with E-state index in [-0.39, 0.29) is 23.0 Å². The Kier molecular flexibility index (Phi) is 2.81. The Morgan fingerprint density at radius 2 is 1.90 bits per heavy atom. The molecule has 21 heavy (non-hydrogen) atoms. The summed E-state index contributed by atoms with van der Waals surface area (Å²) >= 11 is 0. The first kappa shape index (κ1) is 13.4. The monoisotopic (exact) mass is 288 g/mol. The summed E-state index contributed by atoms with van der Waals surface area (Å²) in [7, 11) is 0. The highest BCUT2D eigenvalue weighted by Crippen LogP contribution is 2.61. The van der Waals surface area contributed by atoms with Crippen LogP contribution in [0.25, 0.3) is 0 Å². The maximum absolute atomic E-state index is 10.4. The fourth-order valence-corrected chi connectivity index (χ4v) is 5.66. The second-order valence-corrected chi connectivity index (χ2v) is 7.59. The molecule has 0 saturated heterocycles. The lowest BCUT2D eigenvalue weighted by Gasteiger charge is -2.50. The number of aryl methyl sites for hydroxylation is 1. The van der Waals surface area contributed by atoms with Crippen LogP contribution in [0.5, 0.6) is 11.5 Å². The van der Waals surface area contributed by atoms with E-state index in [2.05, 4.69) is 6.92 Å². The Hall–Kier alpha value is -1.22. The van der Waals surface area contributed by atoms with Crippen LogP contribution in [-0.4, -0.2) is 21.4 Å². The van der Waals surface area contributed by atoms with E-state index in [1.807, 2.05) is 6.07 Å². The Morgan fingerprint density at radius 1 is 1.10 bits per heavy atom. The third kappa shape index (κ3) is 1.76. The molecule has 0 aromatic heterocycles. The second-order valence-electron chi connectivity index (χ2n) is 7.59. The second kappa shape index (κ2) is 4.39. The van der Waals surface area contributed by atoms with E-state index in [0.29, 0.717) is 17.8 Å². The lowest BCUT2D eigenvalue weighted by Crippen LogP contribution is -2.43. The number of phenols is 2. The van der Waals surface area contributed by atoms with Crippen LogP contribution in [-0.2, 0) is 6.42 Å². The summed E-state index contributed by atoms with van der Waals surface area (Å²) in [6.07, 6.45) is 6.03. The molecule has 3 heteroatoms. The molecule has 0 spiro atoms. The first-order valence-corrected chi connectivity index (χ1v) is 8.23. The lowest BCUT2D eigenvalue weighted by atomic mass is 9.55. The predicted octanol–water partition coefficient (Wildman–Crippen LogP) is 3.31. The fourth-order valence-electron chi connectivity index (χ4n) is 5.66. The molecular weight excluding hydrogens is 264 g/mol. The van der Waals surface area contributed by atoms with Crippen molar-refractivity contribution in [1.82, 2.24) is 0 Å². The molecule has 0 aliphatic heterocycles. The number of rotatable bonds is 0. The van der Waals surface area contributed by atoms with Crippen LogP contribution in [0.3, 0.4) is 0 Å². The molecular formula is C18H24O3. The molecule has 0 unspecified atom stereocenters. The highest BCUT2D eigenvalue weighted by Gasteiger charge is 2.54. The minimum atomic E-state index is -0.154. The van der Waals surface area contributed by atoms with E-state index >= 15 is 0 Å². The van der Waals surface area contributed by atoms with Gasteiger partial charge in [-0.25, -0.2) is 0 Å². The van der Waals surface area contributed by atoms with Gasteiger partial charge in [0.2, 0.25) is 0 Å². The lowest BCUT2D eigenvalue weighted by molar-refractivity contribution is -0.0229. The van der Waals surface area contributed by atoms with Gasteiger partial charge in [0.1, 0.15) is 11.5 Å². The van der Waals surface area contributed by atoms with Gasteiger partial charge in [0, 0.05) is 11.6 Å². The van der Waals surface area contributed by atoms with Crippen molar-refractivity contribution >= 4 is 0 Å².